The molecule has 0 bridgehead atoms. The highest BCUT2D eigenvalue weighted by atomic mass is 16.5. The summed E-state index contributed by atoms with van der Waals surface area (Å²) in [5, 5.41) is 10.1. The molecule has 2 unspecified atom stereocenters. The highest BCUT2D eigenvalue weighted by Crippen LogP contribution is 2.29. The second-order valence-corrected chi connectivity index (χ2v) is 5.93. The van der Waals surface area contributed by atoms with Gasteiger partial charge in [-0.15, -0.1) is 0 Å². The fourth-order valence-electron chi connectivity index (χ4n) is 2.85. The third-order valence-electron chi connectivity index (χ3n) is 3.82. The Labute approximate surface area is 122 Å². The highest BCUT2D eigenvalue weighted by Gasteiger charge is 2.23. The summed E-state index contributed by atoms with van der Waals surface area (Å²) in [5.74, 6) is 0.637. The molecule has 3 nitrogen and oxygen atoms in total. The molecule has 0 amide bonds. The Morgan fingerprint density at radius 2 is 2.20 bits per heavy atom. The van der Waals surface area contributed by atoms with Crippen molar-refractivity contribution in [3.05, 3.63) is 29.8 Å². The largest absolute Gasteiger partial charge is 0.389 e. The van der Waals surface area contributed by atoms with Crippen LogP contribution >= 0.6 is 0 Å². The molecule has 0 fully saturated rings. The van der Waals surface area contributed by atoms with Crippen LogP contribution in [0.5, 0.6) is 0 Å². The second kappa shape index (κ2) is 7.65. The normalized spacial score (nSPS) is 19.8. The molecule has 1 aliphatic heterocycles. The summed E-state index contributed by atoms with van der Waals surface area (Å²) < 4.78 is 5.52. The van der Waals surface area contributed by atoms with Gasteiger partial charge >= 0.3 is 0 Å². The minimum atomic E-state index is -0.412. The van der Waals surface area contributed by atoms with Gasteiger partial charge < -0.3 is 14.7 Å². The van der Waals surface area contributed by atoms with E-state index in [4.69, 9.17) is 4.74 Å². The lowest BCUT2D eigenvalue weighted by molar-refractivity contribution is 0.0387. The standard InChI is InChI=1S/C17H27NO2/c1-3-4-9-20-13-16(19)12-18-11-14(2)10-15-7-5-6-8-17(15)18/h5-8,14,16,19H,3-4,9-13H2,1-2H3. The fourth-order valence-corrected chi connectivity index (χ4v) is 2.85. The summed E-state index contributed by atoms with van der Waals surface area (Å²) in [6.07, 6.45) is 2.92. The van der Waals surface area contributed by atoms with Gasteiger partial charge in [0.2, 0.25) is 0 Å². The summed E-state index contributed by atoms with van der Waals surface area (Å²) in [6, 6.07) is 8.53. The average molecular weight is 277 g/mol. The molecule has 1 heterocycles. The van der Waals surface area contributed by atoms with Gasteiger partial charge in [-0.1, -0.05) is 38.5 Å². The first-order valence-electron chi connectivity index (χ1n) is 7.79. The van der Waals surface area contributed by atoms with Crippen LogP contribution in [0.3, 0.4) is 0 Å². The minimum absolute atomic E-state index is 0.412. The maximum absolute atomic E-state index is 10.1. The number of aliphatic hydroxyl groups is 1. The number of rotatable bonds is 7. The van der Waals surface area contributed by atoms with E-state index < -0.39 is 6.10 Å². The van der Waals surface area contributed by atoms with Crippen molar-refractivity contribution in [1.82, 2.24) is 0 Å². The first-order chi connectivity index (χ1) is 9.70. The van der Waals surface area contributed by atoms with Crippen molar-refractivity contribution in [2.24, 2.45) is 5.92 Å². The van der Waals surface area contributed by atoms with Gasteiger partial charge in [-0.25, -0.2) is 0 Å². The minimum Gasteiger partial charge on any atom is -0.389 e. The quantitative estimate of drug-likeness (QED) is 0.778. The van der Waals surface area contributed by atoms with Gasteiger partial charge in [0.05, 0.1) is 12.7 Å². The van der Waals surface area contributed by atoms with Crippen LogP contribution in [0.15, 0.2) is 24.3 Å². The first kappa shape index (κ1) is 15.3. The lowest BCUT2D eigenvalue weighted by atomic mass is 9.94. The molecule has 1 N–H and O–H groups in total. The monoisotopic (exact) mass is 277 g/mol. The molecule has 112 valence electrons. The molecule has 2 rings (SSSR count). The first-order valence-corrected chi connectivity index (χ1v) is 7.79. The summed E-state index contributed by atoms with van der Waals surface area (Å²) in [5.41, 5.74) is 2.67. The molecule has 1 aromatic carbocycles. The van der Waals surface area contributed by atoms with E-state index in [1.807, 2.05) is 0 Å². The zero-order valence-corrected chi connectivity index (χ0v) is 12.7. The Morgan fingerprint density at radius 1 is 1.40 bits per heavy atom. The van der Waals surface area contributed by atoms with Crippen molar-refractivity contribution in [2.75, 3.05) is 31.2 Å². The molecule has 0 aliphatic carbocycles. The van der Waals surface area contributed by atoms with Crippen LogP contribution in [0.4, 0.5) is 5.69 Å². The van der Waals surface area contributed by atoms with Gasteiger partial charge in [0.25, 0.3) is 0 Å². The Morgan fingerprint density at radius 3 is 3.00 bits per heavy atom. The van der Waals surface area contributed by atoms with Crippen LogP contribution in [0.2, 0.25) is 0 Å². The van der Waals surface area contributed by atoms with Crippen LogP contribution in [-0.4, -0.2) is 37.5 Å². The number of para-hydroxylation sites is 1. The van der Waals surface area contributed by atoms with Crippen LogP contribution < -0.4 is 4.90 Å². The Hall–Kier alpha value is -1.06. The number of hydrogen-bond donors (Lipinski definition) is 1. The SMILES string of the molecule is CCCCOCC(O)CN1CC(C)Cc2ccccc21. The maximum Gasteiger partial charge on any atom is 0.0947 e. The zero-order valence-electron chi connectivity index (χ0n) is 12.7. The van der Waals surface area contributed by atoms with Crippen molar-refractivity contribution in [2.45, 2.75) is 39.2 Å². The molecule has 0 spiro atoms. The van der Waals surface area contributed by atoms with Crippen LogP contribution in [-0.2, 0) is 11.2 Å². The zero-order chi connectivity index (χ0) is 14.4. The van der Waals surface area contributed by atoms with Crippen molar-refractivity contribution in [1.29, 1.82) is 0 Å². The summed E-state index contributed by atoms with van der Waals surface area (Å²) in [4.78, 5) is 2.30. The molecular formula is C17H27NO2. The average Bonchev–Trinajstić information content (AvgIpc) is 2.43. The van der Waals surface area contributed by atoms with E-state index >= 15 is 0 Å². The van der Waals surface area contributed by atoms with Crippen LogP contribution in [0.25, 0.3) is 0 Å². The molecular weight excluding hydrogens is 250 g/mol. The third kappa shape index (κ3) is 4.22. The second-order valence-electron chi connectivity index (χ2n) is 5.93. The molecule has 0 saturated heterocycles. The number of fused-ring (bicyclic) bond motifs is 1. The van der Waals surface area contributed by atoms with E-state index in [9.17, 15) is 5.11 Å². The van der Waals surface area contributed by atoms with E-state index in [0.717, 1.165) is 32.4 Å². The number of benzene rings is 1. The van der Waals surface area contributed by atoms with Crippen molar-refractivity contribution < 1.29 is 9.84 Å². The van der Waals surface area contributed by atoms with Gasteiger partial charge in [-0.3, -0.25) is 0 Å². The Bertz CT molecular complexity index is 408. The molecule has 3 heteroatoms. The topological polar surface area (TPSA) is 32.7 Å². The number of β-amino-alcohol motifs (C(OH)–C–C–N with tert-alkyl or cyclic N) is 1. The summed E-state index contributed by atoms with van der Waals surface area (Å²) in [6.45, 7) is 7.28. The molecule has 0 saturated carbocycles. The van der Waals surface area contributed by atoms with E-state index in [1.165, 1.54) is 11.3 Å². The van der Waals surface area contributed by atoms with Crippen molar-refractivity contribution >= 4 is 5.69 Å². The maximum atomic E-state index is 10.1. The number of ether oxygens (including phenoxy) is 1. The predicted octanol–water partition coefficient (Wildman–Crippen LogP) is 2.86. The lowest BCUT2D eigenvalue weighted by Gasteiger charge is -2.36. The number of aliphatic hydroxyl groups excluding tert-OH is 1. The van der Waals surface area contributed by atoms with Crippen LogP contribution in [0, 0.1) is 5.92 Å². The van der Waals surface area contributed by atoms with Gasteiger partial charge in [0.15, 0.2) is 0 Å². The van der Waals surface area contributed by atoms with E-state index in [-0.39, 0.29) is 0 Å². The van der Waals surface area contributed by atoms with E-state index in [0.29, 0.717) is 19.1 Å². The molecule has 1 aromatic rings. The van der Waals surface area contributed by atoms with E-state index in [2.05, 4.69) is 43.0 Å². The molecule has 0 radical (unpaired) electrons. The Balaban J connectivity index is 1.89. The van der Waals surface area contributed by atoms with E-state index in [1.54, 1.807) is 0 Å². The predicted molar refractivity (Wildman–Crippen MR) is 83.3 cm³/mol. The van der Waals surface area contributed by atoms with Gasteiger partial charge in [0.1, 0.15) is 0 Å². The fraction of sp³-hybridized carbons (Fsp3) is 0.647. The molecule has 20 heavy (non-hydrogen) atoms. The highest BCUT2D eigenvalue weighted by molar-refractivity contribution is 5.55. The van der Waals surface area contributed by atoms with Crippen molar-refractivity contribution in [3.63, 3.8) is 0 Å². The smallest absolute Gasteiger partial charge is 0.0947 e. The Kier molecular flexibility index (Phi) is 5.86. The number of unbranched alkanes of at least 4 members (excludes halogenated alkanes) is 1. The van der Waals surface area contributed by atoms with Gasteiger partial charge in [0, 0.05) is 25.4 Å². The number of hydrogen-bond acceptors (Lipinski definition) is 3. The summed E-state index contributed by atoms with van der Waals surface area (Å²) in [7, 11) is 0. The molecule has 2 atom stereocenters. The van der Waals surface area contributed by atoms with Gasteiger partial charge in [-0.05, 0) is 30.4 Å². The lowest BCUT2D eigenvalue weighted by Crippen LogP contribution is -2.41. The third-order valence-corrected chi connectivity index (χ3v) is 3.82. The van der Waals surface area contributed by atoms with Gasteiger partial charge in [-0.2, -0.15) is 0 Å². The number of anilines is 1. The summed E-state index contributed by atoms with van der Waals surface area (Å²) >= 11 is 0. The molecule has 0 aromatic heterocycles. The number of nitrogens with zero attached hydrogens (tertiary/aromatic N) is 1. The van der Waals surface area contributed by atoms with Crippen molar-refractivity contribution in [3.8, 4) is 0 Å². The van der Waals surface area contributed by atoms with Crippen LogP contribution in [0.1, 0.15) is 32.3 Å². The molecule has 1 aliphatic rings.